The molecule has 3 aromatic heterocycles. The first kappa shape index (κ1) is 22.2. The van der Waals surface area contributed by atoms with Crippen LogP contribution in [0.15, 0.2) is 47.3 Å². The number of hydrogen-bond acceptors (Lipinski definition) is 7. The molecule has 1 aliphatic heterocycles. The molecular formula is C25H30N8O. The third-order valence-corrected chi connectivity index (χ3v) is 6.40. The SMILES string of the molecule is Cc1cc(-c2c(-c3ccccc3)nc(N)n3c(=O)n(CCN4CCN(C)CC4)nc23)cc(C)n1. The summed E-state index contributed by atoms with van der Waals surface area (Å²) in [5, 5.41) is 4.78. The van der Waals surface area contributed by atoms with Crippen molar-refractivity contribution >= 4 is 11.6 Å². The van der Waals surface area contributed by atoms with Gasteiger partial charge in [-0.25, -0.2) is 18.9 Å². The lowest BCUT2D eigenvalue weighted by Gasteiger charge is -2.32. The molecule has 0 spiro atoms. The lowest BCUT2D eigenvalue weighted by Crippen LogP contribution is -2.45. The van der Waals surface area contributed by atoms with E-state index in [2.05, 4.69) is 21.8 Å². The van der Waals surface area contributed by atoms with Gasteiger partial charge < -0.3 is 10.6 Å². The van der Waals surface area contributed by atoms with E-state index >= 15 is 0 Å². The van der Waals surface area contributed by atoms with E-state index in [9.17, 15) is 4.79 Å². The molecule has 0 bridgehead atoms. The monoisotopic (exact) mass is 458 g/mol. The van der Waals surface area contributed by atoms with Gasteiger partial charge in [-0.15, -0.1) is 5.10 Å². The molecule has 9 nitrogen and oxygen atoms in total. The average molecular weight is 459 g/mol. The molecular weight excluding hydrogens is 428 g/mol. The number of benzene rings is 1. The van der Waals surface area contributed by atoms with Crippen molar-refractivity contribution in [2.45, 2.75) is 20.4 Å². The van der Waals surface area contributed by atoms with Gasteiger partial charge in [-0.3, -0.25) is 9.88 Å². The second kappa shape index (κ2) is 9.00. The summed E-state index contributed by atoms with van der Waals surface area (Å²) in [4.78, 5) is 27.2. The Kier molecular flexibility index (Phi) is 5.89. The minimum atomic E-state index is -0.266. The molecule has 34 heavy (non-hydrogen) atoms. The van der Waals surface area contributed by atoms with E-state index < -0.39 is 0 Å². The summed E-state index contributed by atoms with van der Waals surface area (Å²) >= 11 is 0. The summed E-state index contributed by atoms with van der Waals surface area (Å²) in [6.45, 7) is 9.22. The number of aryl methyl sites for hydroxylation is 2. The van der Waals surface area contributed by atoms with Crippen LogP contribution >= 0.6 is 0 Å². The van der Waals surface area contributed by atoms with Crippen LogP contribution in [0.4, 0.5) is 5.95 Å². The van der Waals surface area contributed by atoms with Crippen molar-refractivity contribution in [3.05, 3.63) is 64.3 Å². The van der Waals surface area contributed by atoms with Crippen molar-refractivity contribution in [3.63, 3.8) is 0 Å². The largest absolute Gasteiger partial charge is 0.369 e. The van der Waals surface area contributed by atoms with Gasteiger partial charge in [-0.1, -0.05) is 30.3 Å². The Bertz CT molecular complexity index is 1360. The van der Waals surface area contributed by atoms with Gasteiger partial charge in [0.1, 0.15) is 0 Å². The lowest BCUT2D eigenvalue weighted by molar-refractivity contribution is 0.148. The first-order chi connectivity index (χ1) is 16.4. The number of nitrogens with zero attached hydrogens (tertiary/aromatic N) is 7. The number of nitrogens with two attached hydrogens (primary N) is 1. The predicted octanol–water partition coefficient (Wildman–Crippen LogP) is 2.07. The molecule has 1 saturated heterocycles. The van der Waals surface area contributed by atoms with Crippen LogP contribution < -0.4 is 11.4 Å². The van der Waals surface area contributed by atoms with E-state index in [1.807, 2.05) is 56.3 Å². The average Bonchev–Trinajstić information content (AvgIpc) is 3.15. The number of aromatic nitrogens is 5. The first-order valence-electron chi connectivity index (χ1n) is 11.6. The van der Waals surface area contributed by atoms with Gasteiger partial charge in [0.15, 0.2) is 5.65 Å². The van der Waals surface area contributed by atoms with Crippen molar-refractivity contribution in [3.8, 4) is 22.4 Å². The number of rotatable bonds is 5. The number of piperazine rings is 1. The number of hydrogen-bond donors (Lipinski definition) is 1. The van der Waals surface area contributed by atoms with E-state index in [0.717, 1.165) is 60.8 Å². The fourth-order valence-corrected chi connectivity index (χ4v) is 4.61. The zero-order valence-electron chi connectivity index (χ0n) is 19.9. The van der Waals surface area contributed by atoms with Crippen LogP contribution in [0.5, 0.6) is 0 Å². The van der Waals surface area contributed by atoms with Gasteiger partial charge in [0.25, 0.3) is 0 Å². The van der Waals surface area contributed by atoms with Crippen molar-refractivity contribution in [1.82, 2.24) is 33.9 Å². The smallest absolute Gasteiger partial charge is 0.353 e. The van der Waals surface area contributed by atoms with Crippen molar-refractivity contribution in [2.75, 3.05) is 45.5 Å². The zero-order valence-corrected chi connectivity index (χ0v) is 19.9. The fraction of sp³-hybridized carbons (Fsp3) is 0.360. The van der Waals surface area contributed by atoms with E-state index in [4.69, 9.17) is 15.8 Å². The highest BCUT2D eigenvalue weighted by Gasteiger charge is 2.22. The molecule has 4 aromatic rings. The number of nitrogen functional groups attached to an aromatic ring is 1. The highest BCUT2D eigenvalue weighted by Crippen LogP contribution is 2.34. The van der Waals surface area contributed by atoms with Crippen LogP contribution in [0.3, 0.4) is 0 Å². The van der Waals surface area contributed by atoms with E-state index in [0.29, 0.717) is 17.9 Å². The summed E-state index contributed by atoms with van der Waals surface area (Å²) in [5.74, 6) is 0.135. The Labute approximate surface area is 198 Å². The summed E-state index contributed by atoms with van der Waals surface area (Å²) in [7, 11) is 2.13. The van der Waals surface area contributed by atoms with Gasteiger partial charge in [0, 0.05) is 49.7 Å². The van der Waals surface area contributed by atoms with E-state index in [1.165, 1.54) is 9.08 Å². The first-order valence-corrected chi connectivity index (χ1v) is 11.6. The third kappa shape index (κ3) is 4.20. The molecule has 0 radical (unpaired) electrons. The van der Waals surface area contributed by atoms with Gasteiger partial charge in [0.2, 0.25) is 5.95 Å². The van der Waals surface area contributed by atoms with Gasteiger partial charge in [0.05, 0.1) is 17.8 Å². The number of pyridine rings is 1. The molecule has 5 rings (SSSR count). The summed E-state index contributed by atoms with van der Waals surface area (Å²) < 4.78 is 2.95. The predicted molar refractivity (Wildman–Crippen MR) is 134 cm³/mol. The van der Waals surface area contributed by atoms with Crippen molar-refractivity contribution in [2.24, 2.45) is 0 Å². The lowest BCUT2D eigenvalue weighted by atomic mass is 9.99. The molecule has 4 heterocycles. The van der Waals surface area contributed by atoms with Crippen LogP contribution in [0, 0.1) is 13.8 Å². The Balaban J connectivity index is 1.65. The molecule has 1 aliphatic rings. The molecule has 0 amide bonds. The standard InChI is InChI=1S/C25H30N8O/c1-17-15-20(16-18(2)27-17)21-22(19-7-5-4-6-8-19)28-24(26)33-23(21)29-32(25(33)34)14-13-31-11-9-30(3)10-12-31/h4-8,15-16H,9-14H2,1-3H3,(H2,26,28). The van der Waals surface area contributed by atoms with E-state index in [-0.39, 0.29) is 11.6 Å². The van der Waals surface area contributed by atoms with Gasteiger partial charge in [-0.2, -0.15) is 0 Å². The molecule has 0 atom stereocenters. The maximum absolute atomic E-state index is 13.3. The summed E-state index contributed by atoms with van der Waals surface area (Å²) in [5.41, 5.74) is 11.7. The molecule has 176 valence electrons. The highest BCUT2D eigenvalue weighted by atomic mass is 16.2. The van der Waals surface area contributed by atoms with Crippen LogP contribution in [0.1, 0.15) is 11.4 Å². The second-order valence-corrected chi connectivity index (χ2v) is 9.01. The normalized spacial score (nSPS) is 15.3. The molecule has 9 heteroatoms. The Morgan fingerprint density at radius 3 is 2.26 bits per heavy atom. The molecule has 1 aromatic carbocycles. The van der Waals surface area contributed by atoms with Crippen LogP contribution in [0.2, 0.25) is 0 Å². The third-order valence-electron chi connectivity index (χ3n) is 6.40. The molecule has 0 saturated carbocycles. The van der Waals surface area contributed by atoms with Crippen LogP contribution in [-0.4, -0.2) is 73.7 Å². The Morgan fingerprint density at radius 1 is 0.912 bits per heavy atom. The van der Waals surface area contributed by atoms with Gasteiger partial charge in [-0.05, 0) is 38.6 Å². The van der Waals surface area contributed by atoms with Crippen molar-refractivity contribution < 1.29 is 0 Å². The number of likely N-dealkylation sites (N-methyl/N-ethyl adjacent to an activating group) is 1. The van der Waals surface area contributed by atoms with Crippen LogP contribution in [-0.2, 0) is 6.54 Å². The fourth-order valence-electron chi connectivity index (χ4n) is 4.61. The van der Waals surface area contributed by atoms with Gasteiger partial charge >= 0.3 is 5.69 Å². The van der Waals surface area contributed by atoms with Crippen LogP contribution in [0.25, 0.3) is 28.0 Å². The molecule has 0 aliphatic carbocycles. The summed E-state index contributed by atoms with van der Waals surface area (Å²) in [6, 6.07) is 13.9. The van der Waals surface area contributed by atoms with Crippen molar-refractivity contribution in [1.29, 1.82) is 0 Å². The molecule has 0 unspecified atom stereocenters. The maximum atomic E-state index is 13.3. The maximum Gasteiger partial charge on any atom is 0.353 e. The topological polar surface area (TPSA) is 97.6 Å². The minimum Gasteiger partial charge on any atom is -0.369 e. The Hall–Kier alpha value is -3.56. The molecule has 1 fully saturated rings. The summed E-state index contributed by atoms with van der Waals surface area (Å²) in [6.07, 6.45) is 0. The van der Waals surface area contributed by atoms with E-state index in [1.54, 1.807) is 0 Å². The quantitative estimate of drug-likeness (QED) is 0.489. The Morgan fingerprint density at radius 2 is 1.59 bits per heavy atom. The minimum absolute atomic E-state index is 0.135. The molecule has 2 N–H and O–H groups in total. The highest BCUT2D eigenvalue weighted by molar-refractivity contribution is 5.90. The zero-order chi connectivity index (χ0) is 23.8. The second-order valence-electron chi connectivity index (χ2n) is 9.01. The number of fused-ring (bicyclic) bond motifs is 1. The number of anilines is 1.